The fourth-order valence-electron chi connectivity index (χ4n) is 1.80. The van der Waals surface area contributed by atoms with Gasteiger partial charge >= 0.3 is 0 Å². The Labute approximate surface area is 119 Å². The molecule has 0 amide bonds. The maximum atomic E-state index is 6.14. The molecule has 2 aromatic rings. The first-order chi connectivity index (χ1) is 9.16. The summed E-state index contributed by atoms with van der Waals surface area (Å²) < 4.78 is 5.77. The molecule has 0 saturated carbocycles. The second-order valence-electron chi connectivity index (χ2n) is 4.61. The highest BCUT2D eigenvalue weighted by atomic mass is 35.5. The average molecular weight is 276 g/mol. The van der Waals surface area contributed by atoms with Gasteiger partial charge in [-0.1, -0.05) is 41.9 Å². The Hall–Kier alpha value is -1.67. The molecule has 0 aliphatic carbocycles. The fraction of sp³-hybridized carbons (Fsp3) is 0.250. The molecule has 0 unspecified atom stereocenters. The standard InChI is InChI=1S/C16H18ClNO/c1-12(2)19-16-10-6-5-9-15(16)18-11-13-7-3-4-8-14(13)17/h3-10,12,18H,11H2,1-2H3. The van der Waals surface area contributed by atoms with Crippen LogP contribution in [0.15, 0.2) is 48.5 Å². The Morgan fingerprint density at radius 3 is 2.47 bits per heavy atom. The molecule has 0 bridgehead atoms. The van der Waals surface area contributed by atoms with Gasteiger partial charge in [-0.15, -0.1) is 0 Å². The van der Waals surface area contributed by atoms with Gasteiger partial charge in [-0.2, -0.15) is 0 Å². The summed E-state index contributed by atoms with van der Waals surface area (Å²) in [6.45, 7) is 4.72. The van der Waals surface area contributed by atoms with Crippen molar-refractivity contribution in [2.24, 2.45) is 0 Å². The van der Waals surface area contributed by atoms with E-state index in [1.54, 1.807) is 0 Å². The Bertz CT molecular complexity index is 540. The van der Waals surface area contributed by atoms with Crippen LogP contribution in [0.4, 0.5) is 5.69 Å². The lowest BCUT2D eigenvalue weighted by atomic mass is 10.2. The van der Waals surface area contributed by atoms with Crippen molar-refractivity contribution in [1.29, 1.82) is 0 Å². The van der Waals surface area contributed by atoms with Crippen molar-refractivity contribution in [3.63, 3.8) is 0 Å². The number of rotatable bonds is 5. The summed E-state index contributed by atoms with van der Waals surface area (Å²) in [5, 5.41) is 4.14. The fourth-order valence-corrected chi connectivity index (χ4v) is 2.00. The van der Waals surface area contributed by atoms with Crippen molar-refractivity contribution < 1.29 is 4.74 Å². The third-order valence-electron chi connectivity index (χ3n) is 2.68. The van der Waals surface area contributed by atoms with Crippen LogP contribution in [0, 0.1) is 0 Å². The van der Waals surface area contributed by atoms with E-state index < -0.39 is 0 Å². The third kappa shape index (κ3) is 3.90. The van der Waals surface area contributed by atoms with Crippen LogP contribution in [-0.4, -0.2) is 6.10 Å². The SMILES string of the molecule is CC(C)Oc1ccccc1NCc1ccccc1Cl. The van der Waals surface area contributed by atoms with Crippen LogP contribution in [0.25, 0.3) is 0 Å². The zero-order chi connectivity index (χ0) is 13.7. The highest BCUT2D eigenvalue weighted by molar-refractivity contribution is 6.31. The molecule has 3 heteroatoms. The predicted molar refractivity (Wildman–Crippen MR) is 81.0 cm³/mol. The molecule has 0 atom stereocenters. The van der Waals surface area contributed by atoms with Gasteiger partial charge in [0.25, 0.3) is 0 Å². The number of hydrogen-bond donors (Lipinski definition) is 1. The van der Waals surface area contributed by atoms with Crippen molar-refractivity contribution in [2.45, 2.75) is 26.5 Å². The lowest BCUT2D eigenvalue weighted by Gasteiger charge is -2.15. The van der Waals surface area contributed by atoms with Gasteiger partial charge in [-0.05, 0) is 37.6 Å². The monoisotopic (exact) mass is 275 g/mol. The lowest BCUT2D eigenvalue weighted by Crippen LogP contribution is -2.08. The quantitative estimate of drug-likeness (QED) is 0.851. The molecule has 2 aromatic carbocycles. The zero-order valence-electron chi connectivity index (χ0n) is 11.2. The summed E-state index contributed by atoms with van der Waals surface area (Å²) in [5.74, 6) is 0.865. The van der Waals surface area contributed by atoms with E-state index in [4.69, 9.17) is 16.3 Å². The Morgan fingerprint density at radius 2 is 1.74 bits per heavy atom. The molecule has 2 nitrogen and oxygen atoms in total. The zero-order valence-corrected chi connectivity index (χ0v) is 11.9. The summed E-state index contributed by atoms with van der Waals surface area (Å²) >= 11 is 6.14. The number of benzene rings is 2. The van der Waals surface area contributed by atoms with Crippen LogP contribution in [0.3, 0.4) is 0 Å². The molecule has 0 radical (unpaired) electrons. The molecule has 0 spiro atoms. The molecule has 0 saturated heterocycles. The molecule has 0 fully saturated rings. The maximum absolute atomic E-state index is 6.14. The van der Waals surface area contributed by atoms with Gasteiger partial charge in [0.05, 0.1) is 11.8 Å². The molecule has 0 aromatic heterocycles. The van der Waals surface area contributed by atoms with E-state index in [9.17, 15) is 0 Å². The summed E-state index contributed by atoms with van der Waals surface area (Å²) in [6.07, 6.45) is 0.156. The summed E-state index contributed by atoms with van der Waals surface area (Å²) in [5.41, 5.74) is 2.06. The molecule has 2 rings (SSSR count). The number of para-hydroxylation sites is 2. The minimum absolute atomic E-state index is 0.156. The van der Waals surface area contributed by atoms with Crippen LogP contribution >= 0.6 is 11.6 Å². The smallest absolute Gasteiger partial charge is 0.142 e. The molecule has 19 heavy (non-hydrogen) atoms. The van der Waals surface area contributed by atoms with E-state index in [1.165, 1.54) is 0 Å². The molecule has 100 valence electrons. The number of hydrogen-bond acceptors (Lipinski definition) is 2. The third-order valence-corrected chi connectivity index (χ3v) is 3.05. The van der Waals surface area contributed by atoms with Crippen molar-refractivity contribution in [1.82, 2.24) is 0 Å². The number of anilines is 1. The first-order valence-corrected chi connectivity index (χ1v) is 6.77. The number of halogens is 1. The molecular formula is C16H18ClNO. The molecule has 1 N–H and O–H groups in total. The maximum Gasteiger partial charge on any atom is 0.142 e. The van der Waals surface area contributed by atoms with Crippen molar-refractivity contribution in [3.8, 4) is 5.75 Å². The van der Waals surface area contributed by atoms with Crippen LogP contribution in [0.2, 0.25) is 5.02 Å². The Morgan fingerprint density at radius 1 is 1.05 bits per heavy atom. The first kappa shape index (κ1) is 13.8. The highest BCUT2D eigenvalue weighted by Gasteiger charge is 2.05. The van der Waals surface area contributed by atoms with Crippen LogP contribution in [0.1, 0.15) is 19.4 Å². The van der Waals surface area contributed by atoms with Crippen molar-refractivity contribution in [2.75, 3.05) is 5.32 Å². The number of nitrogens with one attached hydrogen (secondary N) is 1. The van der Waals surface area contributed by atoms with Gasteiger partial charge in [0, 0.05) is 11.6 Å². The Kier molecular flexibility index (Phi) is 4.69. The van der Waals surface area contributed by atoms with Gasteiger partial charge in [-0.25, -0.2) is 0 Å². The van der Waals surface area contributed by atoms with Crippen LogP contribution < -0.4 is 10.1 Å². The molecule has 0 aliphatic heterocycles. The van der Waals surface area contributed by atoms with Crippen molar-refractivity contribution in [3.05, 3.63) is 59.1 Å². The van der Waals surface area contributed by atoms with Gasteiger partial charge < -0.3 is 10.1 Å². The minimum atomic E-state index is 0.156. The highest BCUT2D eigenvalue weighted by Crippen LogP contribution is 2.26. The topological polar surface area (TPSA) is 21.3 Å². The van der Waals surface area contributed by atoms with Gasteiger partial charge in [0.2, 0.25) is 0 Å². The van der Waals surface area contributed by atoms with Crippen LogP contribution in [0.5, 0.6) is 5.75 Å². The Balaban J connectivity index is 2.09. The summed E-state index contributed by atoms with van der Waals surface area (Å²) in [4.78, 5) is 0. The van der Waals surface area contributed by atoms with Crippen LogP contribution in [-0.2, 0) is 6.54 Å². The van der Waals surface area contributed by atoms with E-state index in [2.05, 4.69) is 5.32 Å². The van der Waals surface area contributed by atoms with E-state index in [0.29, 0.717) is 6.54 Å². The first-order valence-electron chi connectivity index (χ1n) is 6.40. The minimum Gasteiger partial charge on any atom is -0.489 e. The largest absolute Gasteiger partial charge is 0.489 e. The van der Waals surface area contributed by atoms with Crippen molar-refractivity contribution >= 4 is 17.3 Å². The average Bonchev–Trinajstić information content (AvgIpc) is 2.39. The normalized spacial score (nSPS) is 10.5. The van der Waals surface area contributed by atoms with Gasteiger partial charge in [-0.3, -0.25) is 0 Å². The lowest BCUT2D eigenvalue weighted by molar-refractivity contribution is 0.243. The molecule has 0 heterocycles. The van der Waals surface area contributed by atoms with Gasteiger partial charge in [0.1, 0.15) is 5.75 Å². The van der Waals surface area contributed by atoms with E-state index in [1.807, 2.05) is 62.4 Å². The van der Waals surface area contributed by atoms with E-state index in [-0.39, 0.29) is 6.10 Å². The predicted octanol–water partition coefficient (Wildman–Crippen LogP) is 4.74. The molecule has 0 aliphatic rings. The number of ether oxygens (including phenoxy) is 1. The molecular weight excluding hydrogens is 258 g/mol. The summed E-state index contributed by atoms with van der Waals surface area (Å²) in [6, 6.07) is 15.8. The van der Waals surface area contributed by atoms with Gasteiger partial charge in [0.15, 0.2) is 0 Å². The second-order valence-corrected chi connectivity index (χ2v) is 5.01. The summed E-state index contributed by atoms with van der Waals surface area (Å²) in [7, 11) is 0. The van der Waals surface area contributed by atoms with E-state index in [0.717, 1.165) is 22.0 Å². The van der Waals surface area contributed by atoms with E-state index >= 15 is 0 Å². The second kappa shape index (κ2) is 6.48.